The fourth-order valence-corrected chi connectivity index (χ4v) is 2.83. The average molecular weight is 317 g/mol. The number of aliphatic hydroxyl groups is 1. The fourth-order valence-electron chi connectivity index (χ4n) is 2.83. The fraction of sp³-hybridized carbons (Fsp3) is 0.611. The van der Waals surface area contributed by atoms with Gasteiger partial charge in [0, 0.05) is 32.7 Å². The molecule has 0 unspecified atom stereocenters. The molecule has 1 N–H and O–H groups in total. The highest BCUT2D eigenvalue weighted by Crippen LogP contribution is 2.21. The minimum absolute atomic E-state index is 0.0602. The molecule has 0 aliphatic carbocycles. The maximum Gasteiger partial charge on any atom is 0.209 e. The van der Waals surface area contributed by atoms with Crippen LogP contribution in [0.2, 0.25) is 0 Å². The van der Waals surface area contributed by atoms with Gasteiger partial charge in [0.2, 0.25) is 5.89 Å². The van der Waals surface area contributed by atoms with Crippen molar-refractivity contribution in [2.24, 2.45) is 5.41 Å². The van der Waals surface area contributed by atoms with Crippen LogP contribution >= 0.6 is 0 Å². The van der Waals surface area contributed by atoms with Crippen molar-refractivity contribution < 1.29 is 9.52 Å². The second-order valence-electron chi connectivity index (χ2n) is 7.53. The first-order chi connectivity index (χ1) is 10.9. The normalized spacial score (nSPS) is 19.3. The molecule has 2 heterocycles. The number of hydrogen-bond acceptors (Lipinski definition) is 5. The summed E-state index contributed by atoms with van der Waals surface area (Å²) in [5, 5.41) is 10.2. The molecule has 0 amide bonds. The number of rotatable bonds is 4. The third kappa shape index (κ3) is 4.10. The van der Waals surface area contributed by atoms with Crippen LogP contribution in [0.5, 0.6) is 0 Å². The van der Waals surface area contributed by atoms with Crippen molar-refractivity contribution in [1.29, 1.82) is 0 Å². The lowest BCUT2D eigenvalue weighted by atomic mass is 9.89. The number of aliphatic hydroxyl groups excluding tert-OH is 1. The molecule has 0 bridgehead atoms. The number of oxazole rings is 1. The second kappa shape index (κ2) is 6.59. The molecule has 0 radical (unpaired) electrons. The van der Waals surface area contributed by atoms with Crippen LogP contribution in [0, 0.1) is 5.41 Å². The van der Waals surface area contributed by atoms with Crippen LogP contribution in [-0.2, 0) is 6.54 Å². The van der Waals surface area contributed by atoms with Gasteiger partial charge >= 0.3 is 0 Å². The van der Waals surface area contributed by atoms with Crippen molar-refractivity contribution in [2.45, 2.75) is 33.4 Å². The lowest BCUT2D eigenvalue weighted by Crippen LogP contribution is -2.49. The summed E-state index contributed by atoms with van der Waals surface area (Å²) < 4.78 is 5.80. The Kier molecular flexibility index (Phi) is 4.71. The molecule has 1 aromatic heterocycles. The number of benzene rings is 1. The van der Waals surface area contributed by atoms with Gasteiger partial charge in [0.1, 0.15) is 5.52 Å². The average Bonchev–Trinajstić information content (AvgIpc) is 2.90. The summed E-state index contributed by atoms with van der Waals surface area (Å²) in [5.41, 5.74) is 1.72. The van der Waals surface area contributed by atoms with Gasteiger partial charge < -0.3 is 9.52 Å². The third-order valence-corrected chi connectivity index (χ3v) is 4.59. The van der Waals surface area contributed by atoms with Gasteiger partial charge in [-0.25, -0.2) is 4.98 Å². The minimum atomic E-state index is -0.286. The van der Waals surface area contributed by atoms with Crippen molar-refractivity contribution in [3.63, 3.8) is 0 Å². The number of hydrogen-bond donors (Lipinski definition) is 1. The first-order valence-corrected chi connectivity index (χ1v) is 8.39. The highest BCUT2D eigenvalue weighted by molar-refractivity contribution is 5.72. The number of para-hydroxylation sites is 2. The van der Waals surface area contributed by atoms with E-state index in [0.717, 1.165) is 56.3 Å². The van der Waals surface area contributed by atoms with Gasteiger partial charge in [-0.05, 0) is 17.5 Å². The number of piperazine rings is 1. The Hall–Kier alpha value is -1.43. The summed E-state index contributed by atoms with van der Waals surface area (Å²) in [4.78, 5) is 9.26. The van der Waals surface area contributed by atoms with Crippen LogP contribution < -0.4 is 0 Å². The predicted molar refractivity (Wildman–Crippen MR) is 91.2 cm³/mol. The standard InChI is InChI=1S/C18H27N3O2/c1-18(2,3)16(22)12-20-8-10-21(11-9-20)13-17-19-14-6-4-5-7-15(14)23-17/h4-7,16,22H,8-13H2,1-3H3/t16-/m1/s1. The summed E-state index contributed by atoms with van der Waals surface area (Å²) in [6.45, 7) is 11.7. The molecule has 0 spiro atoms. The molecule has 1 atom stereocenters. The first-order valence-electron chi connectivity index (χ1n) is 8.39. The van der Waals surface area contributed by atoms with E-state index in [-0.39, 0.29) is 11.5 Å². The molecule has 1 fully saturated rings. The largest absolute Gasteiger partial charge is 0.439 e. The summed E-state index contributed by atoms with van der Waals surface area (Å²) >= 11 is 0. The summed E-state index contributed by atoms with van der Waals surface area (Å²) in [5.74, 6) is 0.786. The van der Waals surface area contributed by atoms with Crippen LogP contribution in [0.3, 0.4) is 0 Å². The van der Waals surface area contributed by atoms with Crippen LogP contribution in [0.15, 0.2) is 28.7 Å². The molecule has 126 valence electrons. The Morgan fingerprint density at radius 2 is 1.78 bits per heavy atom. The molecular weight excluding hydrogens is 290 g/mol. The number of β-amino-alcohol motifs (C(OH)–C–C–N with tert-alkyl or cyclic N) is 1. The third-order valence-electron chi connectivity index (χ3n) is 4.59. The molecular formula is C18H27N3O2. The zero-order chi connectivity index (χ0) is 16.4. The lowest BCUT2D eigenvalue weighted by Gasteiger charge is -2.37. The second-order valence-corrected chi connectivity index (χ2v) is 7.53. The molecule has 23 heavy (non-hydrogen) atoms. The number of fused-ring (bicyclic) bond motifs is 1. The molecule has 1 aromatic carbocycles. The molecule has 2 aromatic rings. The van der Waals surface area contributed by atoms with E-state index in [1.54, 1.807) is 0 Å². The van der Waals surface area contributed by atoms with Gasteiger partial charge in [0.15, 0.2) is 5.58 Å². The monoisotopic (exact) mass is 317 g/mol. The van der Waals surface area contributed by atoms with E-state index in [1.165, 1.54) is 0 Å². The van der Waals surface area contributed by atoms with Crippen LogP contribution in [0.25, 0.3) is 11.1 Å². The van der Waals surface area contributed by atoms with E-state index >= 15 is 0 Å². The molecule has 1 aliphatic rings. The minimum Gasteiger partial charge on any atom is -0.439 e. The maximum atomic E-state index is 10.2. The predicted octanol–water partition coefficient (Wildman–Crippen LogP) is 2.35. The summed E-state index contributed by atoms with van der Waals surface area (Å²) in [6.07, 6.45) is -0.286. The first kappa shape index (κ1) is 16.4. The van der Waals surface area contributed by atoms with Gasteiger partial charge in [0.05, 0.1) is 12.6 Å². The Bertz CT molecular complexity index is 606. The van der Waals surface area contributed by atoms with Crippen molar-refractivity contribution in [3.8, 4) is 0 Å². The van der Waals surface area contributed by atoms with E-state index in [0.29, 0.717) is 0 Å². The molecule has 5 heteroatoms. The summed E-state index contributed by atoms with van der Waals surface area (Å²) in [6, 6.07) is 7.89. The Balaban J connectivity index is 1.51. The van der Waals surface area contributed by atoms with Crippen LogP contribution in [0.1, 0.15) is 26.7 Å². The SMILES string of the molecule is CC(C)(C)[C@H](O)CN1CCN(Cc2nc3ccccc3o2)CC1. The smallest absolute Gasteiger partial charge is 0.209 e. The maximum absolute atomic E-state index is 10.2. The molecule has 1 aliphatic heterocycles. The van der Waals surface area contributed by atoms with Crippen LogP contribution in [-0.4, -0.2) is 58.7 Å². The topological polar surface area (TPSA) is 52.7 Å². The zero-order valence-electron chi connectivity index (χ0n) is 14.3. The van der Waals surface area contributed by atoms with Crippen molar-refractivity contribution in [1.82, 2.24) is 14.8 Å². The molecule has 3 rings (SSSR count). The summed E-state index contributed by atoms with van der Waals surface area (Å²) in [7, 11) is 0. The lowest BCUT2D eigenvalue weighted by molar-refractivity contribution is 0.0117. The van der Waals surface area contributed by atoms with Gasteiger partial charge in [0.25, 0.3) is 0 Å². The van der Waals surface area contributed by atoms with Crippen LogP contribution in [0.4, 0.5) is 0 Å². The number of nitrogens with zero attached hydrogens (tertiary/aromatic N) is 3. The van der Waals surface area contributed by atoms with Crippen molar-refractivity contribution in [3.05, 3.63) is 30.2 Å². The van der Waals surface area contributed by atoms with E-state index < -0.39 is 0 Å². The van der Waals surface area contributed by atoms with E-state index in [2.05, 4.69) is 35.6 Å². The van der Waals surface area contributed by atoms with E-state index in [4.69, 9.17) is 4.42 Å². The van der Waals surface area contributed by atoms with Gasteiger partial charge in [-0.15, -0.1) is 0 Å². The van der Waals surface area contributed by atoms with Gasteiger partial charge in [-0.2, -0.15) is 0 Å². The quantitative estimate of drug-likeness (QED) is 0.938. The van der Waals surface area contributed by atoms with E-state index in [9.17, 15) is 5.11 Å². The zero-order valence-corrected chi connectivity index (χ0v) is 14.3. The molecule has 0 saturated carbocycles. The molecule has 1 saturated heterocycles. The Morgan fingerprint density at radius 1 is 1.13 bits per heavy atom. The Morgan fingerprint density at radius 3 is 2.43 bits per heavy atom. The Labute approximate surface area is 137 Å². The van der Waals surface area contributed by atoms with Gasteiger partial charge in [-0.1, -0.05) is 32.9 Å². The highest BCUT2D eigenvalue weighted by atomic mass is 16.3. The van der Waals surface area contributed by atoms with E-state index in [1.807, 2.05) is 24.3 Å². The molecule has 5 nitrogen and oxygen atoms in total. The van der Waals surface area contributed by atoms with Gasteiger partial charge in [-0.3, -0.25) is 9.80 Å². The number of aromatic nitrogens is 1. The van der Waals surface area contributed by atoms with Crippen molar-refractivity contribution >= 4 is 11.1 Å². The highest BCUT2D eigenvalue weighted by Gasteiger charge is 2.26. The van der Waals surface area contributed by atoms with Crippen molar-refractivity contribution in [2.75, 3.05) is 32.7 Å².